The number of carboxylic acids is 1. The first kappa shape index (κ1) is 12.8. The molecule has 98 valence electrons. The van der Waals surface area contributed by atoms with E-state index in [9.17, 15) is 14.7 Å². The molecule has 0 aliphatic carbocycles. The van der Waals surface area contributed by atoms with E-state index in [0.29, 0.717) is 12.2 Å². The van der Waals surface area contributed by atoms with Gasteiger partial charge in [0.15, 0.2) is 0 Å². The van der Waals surface area contributed by atoms with Crippen molar-refractivity contribution >= 4 is 11.8 Å². The Morgan fingerprint density at radius 1 is 1.32 bits per heavy atom. The predicted octanol–water partition coefficient (Wildman–Crippen LogP) is 0.878. The topological polar surface area (TPSA) is 95.1 Å². The fourth-order valence-electron chi connectivity index (χ4n) is 1.69. The molecule has 0 bridgehead atoms. The van der Waals surface area contributed by atoms with Crippen molar-refractivity contribution in [1.29, 1.82) is 0 Å². The maximum atomic E-state index is 11.2. The predicted molar refractivity (Wildman–Crippen MR) is 70.1 cm³/mol. The van der Waals surface area contributed by atoms with Crippen LogP contribution in [0.3, 0.4) is 0 Å². The van der Waals surface area contributed by atoms with E-state index in [-0.39, 0.29) is 0 Å². The van der Waals surface area contributed by atoms with Crippen molar-refractivity contribution in [3.05, 3.63) is 58.6 Å². The highest BCUT2D eigenvalue weighted by Crippen LogP contribution is 2.08. The number of aromatic amines is 1. The molecular weight excluding hydrogens is 246 g/mol. The zero-order chi connectivity index (χ0) is 13.7. The minimum atomic E-state index is -0.985. The summed E-state index contributed by atoms with van der Waals surface area (Å²) in [7, 11) is 0. The molecule has 0 fully saturated rings. The van der Waals surface area contributed by atoms with Crippen LogP contribution in [0.2, 0.25) is 0 Å². The quantitative estimate of drug-likeness (QED) is 0.740. The van der Waals surface area contributed by atoms with Crippen LogP contribution in [-0.2, 0) is 11.2 Å². The van der Waals surface area contributed by atoms with Crippen LogP contribution in [0.25, 0.3) is 0 Å². The zero-order valence-corrected chi connectivity index (χ0v) is 10.0. The van der Waals surface area contributed by atoms with E-state index < -0.39 is 17.7 Å². The standard InChI is InChI=1S/C13H13N3O3/c17-12(18)10(8-9-4-2-1-3-5-9)15-11-6-7-14-13(19)16-11/h1-7,10H,8H2,(H,17,18)(H2,14,15,16,19)/t10-/m0/s1. The van der Waals surface area contributed by atoms with Crippen molar-refractivity contribution in [3.63, 3.8) is 0 Å². The molecule has 2 rings (SSSR count). The number of rotatable bonds is 5. The minimum absolute atomic E-state index is 0.320. The van der Waals surface area contributed by atoms with Crippen LogP contribution < -0.4 is 11.0 Å². The van der Waals surface area contributed by atoms with Crippen LogP contribution in [0, 0.1) is 0 Å². The number of nitrogens with one attached hydrogen (secondary N) is 2. The van der Waals surface area contributed by atoms with Crippen molar-refractivity contribution in [1.82, 2.24) is 9.97 Å². The van der Waals surface area contributed by atoms with Gasteiger partial charge in [-0.15, -0.1) is 0 Å². The molecule has 1 atom stereocenters. The molecule has 19 heavy (non-hydrogen) atoms. The Bertz CT molecular complexity index is 610. The molecule has 0 unspecified atom stereocenters. The average Bonchev–Trinajstić information content (AvgIpc) is 2.39. The fraction of sp³-hybridized carbons (Fsp3) is 0.154. The number of nitrogens with zero attached hydrogens (tertiary/aromatic N) is 1. The van der Waals surface area contributed by atoms with Gasteiger partial charge in [-0.3, -0.25) is 4.98 Å². The van der Waals surface area contributed by atoms with E-state index in [4.69, 9.17) is 0 Å². The van der Waals surface area contributed by atoms with E-state index in [1.165, 1.54) is 12.3 Å². The molecule has 0 radical (unpaired) electrons. The molecule has 0 saturated heterocycles. The smallest absolute Gasteiger partial charge is 0.346 e. The van der Waals surface area contributed by atoms with Crippen LogP contribution >= 0.6 is 0 Å². The molecule has 3 N–H and O–H groups in total. The SMILES string of the molecule is O=C(O)[C@H](Cc1ccccc1)Nc1ccnc(=O)[nH]1. The Morgan fingerprint density at radius 3 is 2.68 bits per heavy atom. The summed E-state index contributed by atoms with van der Waals surface area (Å²) in [6.45, 7) is 0. The molecule has 1 aromatic heterocycles. The number of benzene rings is 1. The van der Waals surface area contributed by atoms with Crippen molar-refractivity contribution in [3.8, 4) is 0 Å². The lowest BCUT2D eigenvalue weighted by Crippen LogP contribution is -2.32. The van der Waals surface area contributed by atoms with Crippen molar-refractivity contribution < 1.29 is 9.90 Å². The first-order chi connectivity index (χ1) is 9.15. The van der Waals surface area contributed by atoms with Gasteiger partial charge in [-0.25, -0.2) is 14.6 Å². The number of H-pyrrole nitrogens is 1. The van der Waals surface area contributed by atoms with Crippen LogP contribution in [0.1, 0.15) is 5.56 Å². The van der Waals surface area contributed by atoms with Crippen LogP contribution in [0.15, 0.2) is 47.4 Å². The highest BCUT2D eigenvalue weighted by molar-refractivity contribution is 5.77. The van der Waals surface area contributed by atoms with Gasteiger partial charge in [0.1, 0.15) is 11.9 Å². The van der Waals surface area contributed by atoms with Gasteiger partial charge in [0.05, 0.1) is 0 Å². The van der Waals surface area contributed by atoms with Gasteiger partial charge in [-0.1, -0.05) is 30.3 Å². The molecule has 6 nitrogen and oxygen atoms in total. The largest absolute Gasteiger partial charge is 0.480 e. The molecule has 6 heteroatoms. The molecule has 0 amide bonds. The summed E-state index contributed by atoms with van der Waals surface area (Å²) in [5.41, 5.74) is 0.382. The Labute approximate surface area is 109 Å². The molecule has 1 heterocycles. The third-order valence-electron chi connectivity index (χ3n) is 2.59. The Hall–Kier alpha value is -2.63. The third kappa shape index (κ3) is 3.67. The van der Waals surface area contributed by atoms with E-state index in [2.05, 4.69) is 15.3 Å². The van der Waals surface area contributed by atoms with Crippen molar-refractivity contribution in [2.45, 2.75) is 12.5 Å². The lowest BCUT2D eigenvalue weighted by molar-refractivity contribution is -0.137. The highest BCUT2D eigenvalue weighted by atomic mass is 16.4. The van der Waals surface area contributed by atoms with Gasteiger partial charge in [-0.2, -0.15) is 0 Å². The number of aromatic nitrogens is 2. The van der Waals surface area contributed by atoms with Gasteiger partial charge in [0, 0.05) is 12.6 Å². The highest BCUT2D eigenvalue weighted by Gasteiger charge is 2.17. The number of carbonyl (C=O) groups is 1. The lowest BCUT2D eigenvalue weighted by Gasteiger charge is -2.15. The zero-order valence-electron chi connectivity index (χ0n) is 10.0. The van der Waals surface area contributed by atoms with E-state index in [0.717, 1.165) is 5.56 Å². The van der Waals surface area contributed by atoms with Crippen LogP contribution in [-0.4, -0.2) is 27.1 Å². The van der Waals surface area contributed by atoms with Gasteiger partial charge >= 0.3 is 11.7 Å². The van der Waals surface area contributed by atoms with Crippen LogP contribution in [0.4, 0.5) is 5.82 Å². The Morgan fingerprint density at radius 2 is 2.05 bits per heavy atom. The van der Waals surface area contributed by atoms with Crippen LogP contribution in [0.5, 0.6) is 0 Å². The van der Waals surface area contributed by atoms with E-state index in [1.807, 2.05) is 30.3 Å². The number of hydrogen-bond donors (Lipinski definition) is 3. The van der Waals surface area contributed by atoms with Gasteiger partial charge in [0.2, 0.25) is 0 Å². The van der Waals surface area contributed by atoms with Gasteiger partial charge < -0.3 is 10.4 Å². The first-order valence-electron chi connectivity index (χ1n) is 5.74. The average molecular weight is 259 g/mol. The molecule has 0 saturated carbocycles. The Kier molecular flexibility index (Phi) is 3.92. The molecular formula is C13H13N3O3. The fourth-order valence-corrected chi connectivity index (χ4v) is 1.69. The normalized spacial score (nSPS) is 11.8. The number of aliphatic carboxylic acids is 1. The summed E-state index contributed by atoms with van der Waals surface area (Å²) < 4.78 is 0. The molecule has 2 aromatic rings. The number of carboxylic acid groups (broad SMARTS) is 1. The number of hydrogen-bond acceptors (Lipinski definition) is 4. The monoisotopic (exact) mass is 259 g/mol. The van der Waals surface area contributed by atoms with E-state index in [1.54, 1.807) is 0 Å². The lowest BCUT2D eigenvalue weighted by atomic mass is 10.1. The number of anilines is 1. The maximum Gasteiger partial charge on any atom is 0.346 e. The molecule has 0 spiro atoms. The third-order valence-corrected chi connectivity index (χ3v) is 2.59. The Balaban J connectivity index is 2.13. The molecule has 0 aliphatic rings. The first-order valence-corrected chi connectivity index (χ1v) is 5.74. The van der Waals surface area contributed by atoms with Gasteiger partial charge in [-0.05, 0) is 11.6 Å². The van der Waals surface area contributed by atoms with Crippen molar-refractivity contribution in [2.24, 2.45) is 0 Å². The summed E-state index contributed by atoms with van der Waals surface area (Å²) >= 11 is 0. The van der Waals surface area contributed by atoms with Crippen molar-refractivity contribution in [2.75, 3.05) is 5.32 Å². The summed E-state index contributed by atoms with van der Waals surface area (Å²) in [6.07, 6.45) is 1.64. The summed E-state index contributed by atoms with van der Waals surface area (Å²) in [4.78, 5) is 28.2. The van der Waals surface area contributed by atoms with Gasteiger partial charge in [0.25, 0.3) is 0 Å². The maximum absolute atomic E-state index is 11.2. The summed E-state index contributed by atoms with van der Waals surface area (Å²) in [5.74, 6) is -0.648. The van der Waals surface area contributed by atoms with E-state index >= 15 is 0 Å². The molecule has 0 aliphatic heterocycles. The molecule has 1 aromatic carbocycles. The second kappa shape index (κ2) is 5.81. The second-order valence-corrected chi connectivity index (χ2v) is 4.01. The summed E-state index contributed by atoms with van der Waals surface area (Å²) in [5, 5.41) is 12.0. The summed E-state index contributed by atoms with van der Waals surface area (Å²) in [6, 6.07) is 9.97. The minimum Gasteiger partial charge on any atom is -0.480 e. The second-order valence-electron chi connectivity index (χ2n) is 4.01.